The van der Waals surface area contributed by atoms with Gasteiger partial charge in [-0.1, -0.05) is 29.5 Å². The smallest absolute Gasteiger partial charge is 0.384 e. The average molecular weight is 1370 g/mol. The molecule has 0 N–H and O–H groups in total. The van der Waals surface area contributed by atoms with Gasteiger partial charge in [0, 0.05) is 55.8 Å². The normalized spacial score (nSPS) is 13.5. The van der Waals surface area contributed by atoms with E-state index in [1.54, 1.807) is 41.7 Å². The average Bonchev–Trinajstić information content (AvgIpc) is 1.56. The van der Waals surface area contributed by atoms with Crippen LogP contribution in [-0.4, -0.2) is 90.5 Å². The fourth-order valence-corrected chi connectivity index (χ4v) is 17.1. The van der Waals surface area contributed by atoms with E-state index >= 15 is 0 Å². The first-order chi connectivity index (χ1) is 52.1. The fraction of sp³-hybridized carbons (Fsp3) is 0.0909. The van der Waals surface area contributed by atoms with Crippen molar-refractivity contribution in [3.8, 4) is 61.9 Å². The molecule has 5 aliphatic heterocycles. The highest BCUT2D eigenvalue weighted by Crippen LogP contribution is 2.40. The first kappa shape index (κ1) is 54.1. The van der Waals surface area contributed by atoms with Crippen LogP contribution in [0.5, 0.6) is 0 Å². The second-order valence-electron chi connectivity index (χ2n) is 25.7. The maximum atomic E-state index is 8.00. The quantitative estimate of drug-likeness (QED) is 0.141. The van der Waals surface area contributed by atoms with Gasteiger partial charge in [0.2, 0.25) is 28.1 Å². The Morgan fingerprint density at radius 1 is 0.466 bits per heavy atom. The third-order valence-electron chi connectivity index (χ3n) is 20.3. The summed E-state index contributed by atoms with van der Waals surface area (Å²) >= 11 is 1.84. The van der Waals surface area contributed by atoms with E-state index in [1.807, 2.05) is 125 Å². The number of fused-ring (bicyclic) bond motifs is 35. The van der Waals surface area contributed by atoms with Crippen LogP contribution in [0.15, 0.2) is 244 Å². The van der Waals surface area contributed by atoms with Crippen molar-refractivity contribution >= 4 is 93.7 Å². The van der Waals surface area contributed by atoms with Crippen LogP contribution in [0.2, 0.25) is 0 Å². The molecule has 490 valence electrons. The zero-order valence-electron chi connectivity index (χ0n) is 57.6. The van der Waals surface area contributed by atoms with Crippen molar-refractivity contribution in [3.63, 3.8) is 0 Å². The summed E-state index contributed by atoms with van der Waals surface area (Å²) in [4.78, 5) is 47.7. The molecule has 0 bridgehead atoms. The third kappa shape index (κ3) is 8.33. The number of hydrogen-bond acceptors (Lipinski definition) is 13. The van der Waals surface area contributed by atoms with Gasteiger partial charge in [-0.3, -0.25) is 47.5 Å². The number of rotatable bonds is 1. The topological polar surface area (TPSA) is 211 Å². The summed E-state index contributed by atoms with van der Waals surface area (Å²) in [6.07, 6.45) is 37.3. The van der Waals surface area contributed by atoms with Crippen LogP contribution in [0.1, 0.15) is 32.6 Å². The highest BCUT2D eigenvalue weighted by atomic mass is 32.1. The van der Waals surface area contributed by atoms with Gasteiger partial charge in [0.25, 0.3) is 33.5 Å². The minimum Gasteiger partial charge on any atom is -0.395 e. The van der Waals surface area contributed by atoms with Crippen molar-refractivity contribution in [2.24, 2.45) is 14.0 Å². The minimum absolute atomic E-state index is 0.516. The maximum absolute atomic E-state index is 8.00. The number of pyridine rings is 5. The molecule has 5 aliphatic rings. The molecule has 0 radical (unpaired) electrons. The Bertz CT molecular complexity index is 7090. The molecule has 25 nitrogen and oxygen atoms in total. The molecule has 26 rings (SSSR count). The Morgan fingerprint density at radius 3 is 1.76 bits per heavy atom. The van der Waals surface area contributed by atoms with Crippen LogP contribution >= 0.6 is 11.3 Å². The number of nitrogens with zero attached hydrogens (tertiary/aromatic N) is 24. The zero-order valence-corrected chi connectivity index (χ0v) is 55.4. The van der Waals surface area contributed by atoms with Crippen molar-refractivity contribution in [1.82, 2.24) is 90.5 Å². The van der Waals surface area contributed by atoms with Crippen LogP contribution < -0.4 is 22.8 Å². The molecule has 21 aromatic rings. The molecule has 1 aromatic carbocycles. The lowest BCUT2D eigenvalue weighted by Gasteiger charge is -2.02. The first-order valence-corrected chi connectivity index (χ1v) is 34.3. The molecule has 0 atom stereocenters. The van der Waals surface area contributed by atoms with Gasteiger partial charge in [0.15, 0.2) is 29.6 Å². The molecule has 26 heteroatoms. The predicted octanol–water partition coefficient (Wildman–Crippen LogP) is 9.51. The van der Waals surface area contributed by atoms with Gasteiger partial charge in [0.1, 0.15) is 52.5 Å². The summed E-state index contributed by atoms with van der Waals surface area (Å²) in [5.74, 6) is 3.94. The largest absolute Gasteiger partial charge is 0.395 e. The summed E-state index contributed by atoms with van der Waals surface area (Å²) in [6.45, 7) is 1.47. The zero-order chi connectivity index (χ0) is 70.2. The molecule has 25 heterocycles. The second kappa shape index (κ2) is 21.8. The van der Waals surface area contributed by atoms with Gasteiger partial charge in [-0.2, -0.15) is 14.1 Å². The Labute approximate surface area is 589 Å². The summed E-state index contributed by atoms with van der Waals surface area (Å²) in [5, 5.41) is 1.31. The van der Waals surface area contributed by atoms with E-state index in [0.29, 0.717) is 29.3 Å². The van der Waals surface area contributed by atoms with E-state index in [-0.39, 0.29) is 0 Å². The van der Waals surface area contributed by atoms with Gasteiger partial charge >= 0.3 is 5.89 Å². The number of para-hydroxylation sites is 1. The summed E-state index contributed by atoms with van der Waals surface area (Å²) in [7, 11) is 2.12. The number of hydrogen-bond donors (Lipinski definition) is 0. The van der Waals surface area contributed by atoms with Crippen molar-refractivity contribution in [3.05, 3.63) is 268 Å². The summed E-state index contributed by atoms with van der Waals surface area (Å²) < 4.78 is 58.5. The van der Waals surface area contributed by atoms with Gasteiger partial charge < -0.3 is 4.42 Å². The van der Waals surface area contributed by atoms with Gasteiger partial charge in [-0.15, -0.1) is 4.57 Å². The van der Waals surface area contributed by atoms with E-state index in [4.69, 9.17) is 8.53 Å². The Morgan fingerprint density at radius 2 is 1.03 bits per heavy atom. The number of benzene rings is 1. The van der Waals surface area contributed by atoms with Crippen molar-refractivity contribution < 1.29 is 31.4 Å². The monoisotopic (exact) mass is 1370 g/mol. The van der Waals surface area contributed by atoms with Crippen LogP contribution in [-0.2, 0) is 46.7 Å². The van der Waals surface area contributed by atoms with E-state index in [1.165, 1.54) is 86.9 Å². The number of aromatic nitrogens is 24. The van der Waals surface area contributed by atoms with Gasteiger partial charge in [-0.25, -0.2) is 47.2 Å². The van der Waals surface area contributed by atoms with E-state index in [0.717, 1.165) is 93.8 Å². The summed E-state index contributed by atoms with van der Waals surface area (Å²) in [5.41, 5.74) is 26.7. The highest BCUT2D eigenvalue weighted by molar-refractivity contribution is 7.22. The lowest BCUT2D eigenvalue weighted by atomic mass is 10.2. The first-order valence-electron chi connectivity index (χ1n) is 34.9. The van der Waals surface area contributed by atoms with Gasteiger partial charge in [-0.05, 0) is 97.1 Å². The van der Waals surface area contributed by atoms with Crippen LogP contribution in [0.25, 0.3) is 144 Å². The highest BCUT2D eigenvalue weighted by Gasteiger charge is 2.41. The minimum atomic E-state index is -2.32. The lowest BCUT2D eigenvalue weighted by Crippen LogP contribution is -2.31. The molecule has 103 heavy (non-hydrogen) atoms. The van der Waals surface area contributed by atoms with Crippen LogP contribution in [0.3, 0.4) is 0 Å². The summed E-state index contributed by atoms with van der Waals surface area (Å²) in [6, 6.07) is 38.9. The van der Waals surface area contributed by atoms with Crippen molar-refractivity contribution in [2.45, 2.75) is 32.7 Å². The number of thiazole rings is 1. The van der Waals surface area contributed by atoms with Gasteiger partial charge in [0.05, 0.1) is 143 Å². The number of oxazole rings is 1. The molecule has 20 aromatic heterocycles. The SMILES string of the molecule is C[n+]1c2n(c3cn4cnccc4c31)Cc1ncccc1-2.[2H]C([2H])([2H])[n+]1c2n(c3nc4cnccn4c31)Cc1ncccc1-2.c1ccc(-n2c3[n+](c4cn5cnccc5c42)Cc2ncccc2-3)cc1.c1cnc2c(c1)-c1oc3c4ccncn4cc3[n+]1C2.c1cnc2c(c1)-c1sc3c4ccncn4cc3[n+]1C2. The van der Waals surface area contributed by atoms with Crippen molar-refractivity contribution in [1.29, 1.82) is 0 Å². The number of imidazole rings is 4. The molecule has 0 fully saturated rings. The third-order valence-corrected chi connectivity index (χ3v) is 21.5. The lowest BCUT2D eigenvalue weighted by molar-refractivity contribution is -0.649. The van der Waals surface area contributed by atoms with Crippen molar-refractivity contribution in [2.75, 3.05) is 0 Å². The molecular weight excluding hydrogens is 1310 g/mol. The van der Waals surface area contributed by atoms with Crippen LogP contribution in [0.4, 0.5) is 0 Å². The fourth-order valence-electron chi connectivity index (χ4n) is 15.8. The Hall–Kier alpha value is -13.9. The molecular formula is C77H55N24OS+5. The molecule has 0 saturated carbocycles. The molecule has 0 aliphatic carbocycles. The second-order valence-corrected chi connectivity index (χ2v) is 26.7. The maximum Gasteiger partial charge on any atom is 0.384 e. The molecule has 0 spiro atoms. The molecule has 0 amide bonds. The van der Waals surface area contributed by atoms with E-state index in [9.17, 15) is 0 Å². The standard InChI is InChI=1S/C20H14N5.C15H12N5.C14H11N6.C14H9N4O.C14H9N4S/c1-2-5-14(6-3-1)25-19-17-8-10-21-13-23(17)12-18(19)24-11-16-15(20(24)25)7-4-9-22-16;1-18-14-12-4-6-16-9-19(12)8-13(14)20-7-11-10(15(18)20)3-2-5-17-11;1-18-13-9-3-2-4-16-10(9)8-20(13)12-14(18)19-6-5-15-7-11(19)17-12;2*1-2-9-10(16-4-1)6-18-12-7-17-8-15-5-3-11(17)13(12)19-14(9)18/h1-10,12-13H,11H2;2-6,8-9H,7H2,1H3;2-7H,8H2,1H3;2*1-5,7-8H,6H2/q5*+1/i;;1D3;;. The Kier molecular flexibility index (Phi) is 11.5. The molecule has 0 saturated heterocycles. The van der Waals surface area contributed by atoms with E-state index in [2.05, 4.69) is 200 Å². The Balaban J connectivity index is 0.0000000830. The number of aryl methyl sites for hydroxylation is 2. The van der Waals surface area contributed by atoms with Crippen LogP contribution in [0, 0.1) is 0 Å². The predicted molar refractivity (Wildman–Crippen MR) is 381 cm³/mol. The molecule has 0 unspecified atom stereocenters. The van der Waals surface area contributed by atoms with E-state index < -0.39 is 6.98 Å².